The first-order valence-corrected chi connectivity index (χ1v) is 31.9. The van der Waals surface area contributed by atoms with Gasteiger partial charge in [0.05, 0.1) is 48.0 Å². The number of ether oxygens (including phenoxy) is 5. The second-order valence-electron chi connectivity index (χ2n) is 19.5. The van der Waals surface area contributed by atoms with Crippen LogP contribution in [0.3, 0.4) is 0 Å². The number of rotatable bonds is 26. The van der Waals surface area contributed by atoms with E-state index in [9.17, 15) is 52.7 Å². The molecule has 28 heteroatoms. The van der Waals surface area contributed by atoms with E-state index < -0.39 is 32.8 Å². The van der Waals surface area contributed by atoms with Gasteiger partial charge < -0.3 is 40.3 Å². The van der Waals surface area contributed by atoms with Gasteiger partial charge >= 0.3 is 26.9 Å². The average molecular weight is 1520 g/mol. The van der Waals surface area contributed by atoms with E-state index in [1.54, 1.807) is 78.0 Å². The fraction of sp³-hybridized carbons (Fsp3) is 0.250. The van der Waals surface area contributed by atoms with Crippen molar-refractivity contribution in [3.05, 3.63) is 213 Å². The number of nitrogens with zero attached hydrogens (tertiary/aromatic N) is 2. The molecule has 0 aliphatic carbocycles. The topological polar surface area (TPSA) is 342 Å². The number of nitrogen functional groups attached to an aromatic ring is 1. The number of Topliss-reactive ketones (excluding diaryl/α,β-unsaturated/α-hetero) is 2. The Morgan fingerprint density at radius 1 is 0.420 bits per heavy atom. The third kappa shape index (κ3) is 51.7. The lowest BCUT2D eigenvalue weighted by atomic mass is 10.0. The van der Waals surface area contributed by atoms with Crippen molar-refractivity contribution in [2.75, 3.05) is 41.3 Å². The number of nitriles is 1. The Morgan fingerprint density at radius 2 is 0.690 bits per heavy atom. The average Bonchev–Trinajstić information content (AvgIpc) is 1.01. The molecular formula is C72H75Cl7N4O17. The molecule has 7 aromatic carbocycles. The molecule has 2 amide bonds. The fourth-order valence-corrected chi connectivity index (χ4v) is 7.37. The molecule has 0 heterocycles. The second kappa shape index (κ2) is 57.4. The maximum atomic E-state index is 11.9. The molecule has 0 fully saturated rings. The molecule has 100 heavy (non-hydrogen) atoms. The van der Waals surface area contributed by atoms with Crippen LogP contribution in [0, 0.1) is 11.3 Å². The van der Waals surface area contributed by atoms with E-state index in [2.05, 4.69) is 51.4 Å². The van der Waals surface area contributed by atoms with Crippen LogP contribution in [-0.4, -0.2) is 102 Å². The van der Waals surface area contributed by atoms with Gasteiger partial charge in [-0.2, -0.15) is 5.26 Å². The SMILES string of the molecule is CC#N.COc1ccc(CCC(=O)CC(=O)Cc2ccc(Cl)cc2)cc1.COc1ccc(CCC(=O)Cl)cc1.COc1ccc(CCC(=O)N=C=O)cc1.COc1ccc(CCC(=O)O)cc1.COc1ccc(CCC(N)=O)cc1.Nc1ccc(Cl)cc1.O=C(Cl)C(=O)Cl.O=C(Cl)C(=O)Cl. The van der Waals surface area contributed by atoms with Crippen LogP contribution in [0.2, 0.25) is 10.0 Å². The Kier molecular flexibility index (Phi) is 53.2. The fourth-order valence-electron chi connectivity index (χ4n) is 7.03. The van der Waals surface area contributed by atoms with Crippen LogP contribution in [0.15, 0.2) is 175 Å². The molecular weight excluding hydrogens is 1440 g/mol. The molecule has 534 valence electrons. The van der Waals surface area contributed by atoms with E-state index in [4.69, 9.17) is 80.3 Å². The molecule has 7 rings (SSSR count). The number of amides is 2. The predicted octanol–water partition coefficient (Wildman–Crippen LogP) is 14.2. The third-order valence-corrected chi connectivity index (χ3v) is 13.6. The van der Waals surface area contributed by atoms with Crippen LogP contribution in [0.1, 0.15) is 78.8 Å². The van der Waals surface area contributed by atoms with Gasteiger partial charge in [-0.1, -0.05) is 96.0 Å². The van der Waals surface area contributed by atoms with Crippen molar-refractivity contribution >= 4 is 149 Å². The molecule has 7 aromatic rings. The number of carboxylic acids is 1. The number of ketones is 2. The normalized spacial score (nSPS) is 9.24. The molecule has 0 aliphatic heterocycles. The number of aryl methyl sites for hydroxylation is 5. The summed E-state index contributed by atoms with van der Waals surface area (Å²) in [6.45, 7) is 1.43. The number of carboxylic acid groups (broad SMARTS) is 1. The van der Waals surface area contributed by atoms with Gasteiger partial charge in [0.2, 0.25) is 17.2 Å². The number of hydrogen-bond donors (Lipinski definition) is 3. The van der Waals surface area contributed by atoms with E-state index in [0.29, 0.717) is 56.4 Å². The lowest BCUT2D eigenvalue weighted by Gasteiger charge is -2.04. The van der Waals surface area contributed by atoms with Crippen molar-refractivity contribution in [1.29, 1.82) is 5.26 Å². The molecule has 0 aromatic heterocycles. The molecule has 0 atom stereocenters. The summed E-state index contributed by atoms with van der Waals surface area (Å²) in [5.74, 6) is 2.43. The summed E-state index contributed by atoms with van der Waals surface area (Å²) in [4.78, 5) is 116. The van der Waals surface area contributed by atoms with Crippen molar-refractivity contribution < 1.29 is 81.5 Å². The van der Waals surface area contributed by atoms with Crippen molar-refractivity contribution in [3.8, 4) is 34.8 Å². The van der Waals surface area contributed by atoms with E-state index in [0.717, 1.165) is 72.8 Å². The summed E-state index contributed by atoms with van der Waals surface area (Å²) in [5, 5.41) is 12.3. The zero-order valence-corrected chi connectivity index (χ0v) is 60.6. The highest BCUT2D eigenvalue weighted by Gasteiger charge is 2.12. The number of carbonyl (C=O) groups is 10. The number of aliphatic imine (C=N–C) groups is 1. The van der Waals surface area contributed by atoms with Gasteiger partial charge in [0.1, 0.15) is 40.3 Å². The van der Waals surface area contributed by atoms with E-state index in [1.165, 1.54) is 13.0 Å². The summed E-state index contributed by atoms with van der Waals surface area (Å²) < 4.78 is 25.1. The number of carbonyl (C=O) groups excluding carboxylic acids is 10. The van der Waals surface area contributed by atoms with Crippen LogP contribution >= 0.6 is 81.2 Å². The van der Waals surface area contributed by atoms with Gasteiger partial charge in [-0.15, -0.1) is 4.99 Å². The first kappa shape index (κ1) is 92.6. The minimum Gasteiger partial charge on any atom is -0.497 e. The van der Waals surface area contributed by atoms with E-state index >= 15 is 0 Å². The number of isocyanates is 1. The first-order valence-electron chi connectivity index (χ1n) is 29.3. The zero-order chi connectivity index (χ0) is 75.8. The van der Waals surface area contributed by atoms with Gasteiger partial charge in [0, 0.05) is 61.2 Å². The summed E-state index contributed by atoms with van der Waals surface area (Å²) in [6.07, 6.45) is 6.18. The lowest BCUT2D eigenvalue weighted by Crippen LogP contribution is -2.11. The molecule has 21 nitrogen and oxygen atoms in total. The van der Waals surface area contributed by atoms with Crippen molar-refractivity contribution in [2.45, 2.75) is 84.0 Å². The summed E-state index contributed by atoms with van der Waals surface area (Å²) in [7, 11) is 8.06. The lowest BCUT2D eigenvalue weighted by molar-refractivity contribution is -0.137. The molecule has 0 aliphatic rings. The number of methoxy groups -OCH3 is 5. The van der Waals surface area contributed by atoms with Crippen LogP contribution in [0.25, 0.3) is 0 Å². The molecule has 5 N–H and O–H groups in total. The smallest absolute Gasteiger partial charge is 0.304 e. The summed E-state index contributed by atoms with van der Waals surface area (Å²) >= 11 is 34.6. The molecule has 0 radical (unpaired) electrons. The molecule has 0 bridgehead atoms. The first-order chi connectivity index (χ1) is 47.5. The van der Waals surface area contributed by atoms with Gasteiger partial charge in [0.15, 0.2) is 0 Å². The maximum Gasteiger partial charge on any atom is 0.304 e. The number of primary amides is 1. The van der Waals surface area contributed by atoms with Gasteiger partial charge in [-0.3, -0.25) is 47.9 Å². The third-order valence-electron chi connectivity index (χ3n) is 12.1. The van der Waals surface area contributed by atoms with Crippen LogP contribution in [0.5, 0.6) is 28.7 Å². The summed E-state index contributed by atoms with van der Waals surface area (Å²) in [5.41, 5.74) is 17.3. The largest absolute Gasteiger partial charge is 0.497 e. The highest BCUT2D eigenvalue weighted by Crippen LogP contribution is 2.18. The van der Waals surface area contributed by atoms with Crippen LogP contribution in [0.4, 0.5) is 5.69 Å². The Hall–Kier alpha value is -9.46. The van der Waals surface area contributed by atoms with Crippen molar-refractivity contribution in [3.63, 3.8) is 0 Å². The Bertz CT molecular complexity index is 3470. The Morgan fingerprint density at radius 3 is 0.950 bits per heavy atom. The van der Waals surface area contributed by atoms with E-state index in [1.807, 2.05) is 133 Å². The number of benzene rings is 7. The number of hydrogen-bond acceptors (Lipinski definition) is 18. The number of anilines is 1. The zero-order valence-electron chi connectivity index (χ0n) is 55.3. The number of nitrogens with two attached hydrogens (primary N) is 2. The monoisotopic (exact) mass is 1510 g/mol. The second-order valence-corrected chi connectivity index (χ2v) is 22.1. The van der Waals surface area contributed by atoms with Gasteiger partial charge in [0.25, 0.3) is 5.91 Å². The predicted molar refractivity (Wildman–Crippen MR) is 388 cm³/mol. The number of aliphatic carboxylic acids is 1. The molecule has 0 unspecified atom stereocenters. The number of halogens is 7. The highest BCUT2D eigenvalue weighted by molar-refractivity contribution is 6.98. The van der Waals surface area contributed by atoms with Gasteiger partial charge in [-0.05, 0) is 221 Å². The minimum absolute atomic E-state index is 0.0151. The Balaban J connectivity index is 0. The van der Waals surface area contributed by atoms with Crippen LogP contribution in [-0.2, 0) is 91.3 Å². The van der Waals surface area contributed by atoms with Crippen LogP contribution < -0.4 is 35.2 Å². The van der Waals surface area contributed by atoms with Crippen molar-refractivity contribution in [1.82, 2.24) is 0 Å². The van der Waals surface area contributed by atoms with Gasteiger partial charge in [-0.25, -0.2) is 4.79 Å². The maximum absolute atomic E-state index is 11.9. The highest BCUT2D eigenvalue weighted by atomic mass is 35.5. The quantitative estimate of drug-likeness (QED) is 0.0113. The molecule has 0 spiro atoms. The molecule has 0 saturated heterocycles. The van der Waals surface area contributed by atoms with Crippen molar-refractivity contribution in [2.24, 2.45) is 10.7 Å². The minimum atomic E-state index is -1.14. The summed E-state index contributed by atoms with van der Waals surface area (Å²) in [6, 6.07) is 53.5. The molecule has 0 saturated carbocycles. The Labute approximate surface area is 615 Å². The van der Waals surface area contributed by atoms with E-state index in [-0.39, 0.29) is 48.4 Å². The standard InChI is InChI=1S/C19H19ClO3.C11H11NO3.C10H11ClO2.C10H13NO2.C10H12O3.C6H6ClN.2C2Cl2O2.C2H3N/c1-23-19-10-5-14(6-11-19)4-9-17(21)13-18(22)12-15-2-7-16(20)8-3-15;1-15-10-5-2-9(3-6-10)4-7-11(14)12-8-13;3*1-13-9-5-2-8(3-6-9)4-7-10(11)12;7-5-1-3-6(8)4-2-5;2*3-1(5)2(4)6;1-2-3/h2-3,5-8,10-11H,4,9,12-13H2,1H3;2-3,5-6H,4,7H2,1H3;2-3,5-6H,4,7H2,1H3;2-3,5-6H,4,7H2,1H3,(H2,11,12);2-3,5-6H,4,7H2,1H3,(H,11,12);1-4H,8H2;;;1H3.